The molecule has 0 bridgehead atoms. The van der Waals surface area contributed by atoms with Gasteiger partial charge in [-0.3, -0.25) is 9.78 Å². The Bertz CT molecular complexity index is 1070. The van der Waals surface area contributed by atoms with Gasteiger partial charge in [-0.15, -0.1) is 0 Å². The second-order valence-electron chi connectivity index (χ2n) is 8.19. The molecule has 1 aromatic heterocycles. The molecule has 2 spiro atoms. The first-order valence-corrected chi connectivity index (χ1v) is 10.3. The number of ether oxygens (including phenoxy) is 3. The molecule has 1 atom stereocenters. The molecule has 1 aromatic carbocycles. The summed E-state index contributed by atoms with van der Waals surface area (Å²) < 4.78 is 16.8. The first-order valence-electron chi connectivity index (χ1n) is 9.87. The fourth-order valence-electron chi connectivity index (χ4n) is 4.57. The van der Waals surface area contributed by atoms with Crippen molar-refractivity contribution in [3.63, 3.8) is 0 Å². The number of carbonyl (C=O) groups excluding carboxylic acids is 1. The number of ketones is 1. The number of pyridine rings is 1. The molecular weight excluding hydrogens is 406 g/mol. The number of methoxy groups -OCH3 is 1. The largest absolute Gasteiger partial charge is 0.493 e. The number of benzene rings is 1. The molecule has 2 aliphatic heterocycles. The van der Waals surface area contributed by atoms with Crippen molar-refractivity contribution in [2.24, 2.45) is 16.1 Å². The molecule has 3 heterocycles. The molecule has 0 radical (unpaired) electrons. The monoisotopic (exact) mass is 427 g/mol. The summed E-state index contributed by atoms with van der Waals surface area (Å²) in [4.78, 5) is 22.0. The van der Waals surface area contributed by atoms with Crippen LogP contribution in [0.1, 0.15) is 40.0 Å². The van der Waals surface area contributed by atoms with Crippen LogP contribution in [0.15, 0.2) is 35.5 Å². The number of amidine groups is 1. The first kappa shape index (κ1) is 19.3. The van der Waals surface area contributed by atoms with Crippen molar-refractivity contribution < 1.29 is 19.0 Å². The maximum Gasteiger partial charge on any atom is 0.283 e. The SMILES string of the molecule is COCc1cc(Cl)cnc1C(=O)Cc1ccc2c(c1)C1(COC(N)=N1)C1(CC1)CO2. The number of aliphatic imine (C=N–C) groups is 1. The average molecular weight is 428 g/mol. The lowest BCUT2D eigenvalue weighted by Crippen LogP contribution is -2.44. The minimum Gasteiger partial charge on any atom is -0.493 e. The summed E-state index contributed by atoms with van der Waals surface area (Å²) >= 11 is 6.03. The highest BCUT2D eigenvalue weighted by Crippen LogP contribution is 2.65. The summed E-state index contributed by atoms with van der Waals surface area (Å²) in [6.45, 7) is 1.28. The lowest BCUT2D eigenvalue weighted by Gasteiger charge is -2.39. The molecule has 2 aromatic rings. The van der Waals surface area contributed by atoms with Gasteiger partial charge < -0.3 is 19.9 Å². The van der Waals surface area contributed by atoms with Crippen molar-refractivity contribution in [2.75, 3.05) is 20.3 Å². The Morgan fingerprint density at radius 1 is 1.27 bits per heavy atom. The summed E-state index contributed by atoms with van der Waals surface area (Å²) in [7, 11) is 1.57. The van der Waals surface area contributed by atoms with Crippen LogP contribution in [0.2, 0.25) is 5.02 Å². The lowest BCUT2D eigenvalue weighted by molar-refractivity contribution is 0.0869. The van der Waals surface area contributed by atoms with Gasteiger partial charge >= 0.3 is 0 Å². The zero-order valence-corrected chi connectivity index (χ0v) is 17.4. The number of Topliss-reactive ketones (excluding diaryl/α,β-unsaturated/α-hetero) is 1. The molecule has 3 aliphatic rings. The van der Waals surface area contributed by atoms with E-state index in [1.54, 1.807) is 13.2 Å². The van der Waals surface area contributed by atoms with E-state index in [9.17, 15) is 4.79 Å². The molecule has 1 aliphatic carbocycles. The maximum atomic E-state index is 13.0. The van der Waals surface area contributed by atoms with Crippen LogP contribution in [-0.4, -0.2) is 37.1 Å². The molecule has 2 N–H and O–H groups in total. The minimum atomic E-state index is -0.538. The van der Waals surface area contributed by atoms with Gasteiger partial charge in [-0.2, -0.15) is 0 Å². The molecule has 7 nitrogen and oxygen atoms in total. The van der Waals surface area contributed by atoms with E-state index in [1.165, 1.54) is 6.20 Å². The molecule has 0 saturated heterocycles. The van der Waals surface area contributed by atoms with E-state index in [-0.39, 0.29) is 30.2 Å². The van der Waals surface area contributed by atoms with Gasteiger partial charge in [0.15, 0.2) is 5.78 Å². The van der Waals surface area contributed by atoms with Gasteiger partial charge in [-0.1, -0.05) is 17.7 Å². The predicted molar refractivity (Wildman–Crippen MR) is 111 cm³/mol. The summed E-state index contributed by atoms with van der Waals surface area (Å²) in [6, 6.07) is 7.74. The summed E-state index contributed by atoms with van der Waals surface area (Å²) in [5.41, 5.74) is 8.13. The van der Waals surface area contributed by atoms with E-state index in [1.807, 2.05) is 18.2 Å². The van der Waals surface area contributed by atoms with Crippen molar-refractivity contribution in [3.05, 3.63) is 57.9 Å². The molecule has 1 fully saturated rings. The summed E-state index contributed by atoms with van der Waals surface area (Å²) in [5, 5.41) is 0.470. The summed E-state index contributed by atoms with van der Waals surface area (Å²) in [6.07, 6.45) is 3.71. The smallest absolute Gasteiger partial charge is 0.283 e. The number of aromatic nitrogens is 1. The molecule has 30 heavy (non-hydrogen) atoms. The molecular formula is C22H22ClN3O4. The van der Waals surface area contributed by atoms with Crippen molar-refractivity contribution in [2.45, 2.75) is 31.4 Å². The zero-order chi connectivity index (χ0) is 20.9. The Morgan fingerprint density at radius 3 is 2.80 bits per heavy atom. The van der Waals surface area contributed by atoms with Crippen LogP contribution in [0.25, 0.3) is 0 Å². The second kappa shape index (κ2) is 6.96. The fraction of sp³-hybridized carbons (Fsp3) is 0.409. The van der Waals surface area contributed by atoms with E-state index < -0.39 is 5.54 Å². The Balaban J connectivity index is 1.49. The van der Waals surface area contributed by atoms with Crippen LogP contribution in [0.4, 0.5) is 0 Å². The Morgan fingerprint density at radius 2 is 2.10 bits per heavy atom. The number of hydrogen-bond acceptors (Lipinski definition) is 7. The third-order valence-electron chi connectivity index (χ3n) is 6.32. The topological polar surface area (TPSA) is 96.0 Å². The maximum absolute atomic E-state index is 13.0. The number of halogens is 1. The normalized spacial score (nSPS) is 22.9. The van der Waals surface area contributed by atoms with Gasteiger partial charge in [0.1, 0.15) is 23.6 Å². The number of carbonyl (C=O) groups is 1. The highest BCUT2D eigenvalue weighted by atomic mass is 35.5. The third kappa shape index (κ3) is 2.96. The fourth-order valence-corrected chi connectivity index (χ4v) is 4.75. The van der Waals surface area contributed by atoms with Gasteiger partial charge in [-0.25, -0.2) is 4.99 Å². The minimum absolute atomic E-state index is 0.0763. The number of fused-ring (bicyclic) bond motifs is 3. The average Bonchev–Trinajstić information content (AvgIpc) is 3.41. The molecule has 8 heteroatoms. The predicted octanol–water partition coefficient (Wildman–Crippen LogP) is 3.02. The second-order valence-corrected chi connectivity index (χ2v) is 8.63. The lowest BCUT2D eigenvalue weighted by atomic mass is 9.74. The van der Waals surface area contributed by atoms with Gasteiger partial charge in [0.05, 0.1) is 18.2 Å². The summed E-state index contributed by atoms with van der Waals surface area (Å²) in [5.74, 6) is 0.673. The van der Waals surface area contributed by atoms with E-state index in [4.69, 9.17) is 36.5 Å². The Kier molecular flexibility index (Phi) is 4.48. The van der Waals surface area contributed by atoms with Gasteiger partial charge in [0.2, 0.25) is 0 Å². The van der Waals surface area contributed by atoms with Crippen LogP contribution >= 0.6 is 11.6 Å². The number of hydrogen-bond donors (Lipinski definition) is 1. The van der Waals surface area contributed by atoms with Crippen LogP contribution < -0.4 is 10.5 Å². The third-order valence-corrected chi connectivity index (χ3v) is 6.52. The first-order chi connectivity index (χ1) is 14.5. The van der Waals surface area contributed by atoms with Gasteiger partial charge in [0.25, 0.3) is 6.02 Å². The van der Waals surface area contributed by atoms with Gasteiger partial charge in [0, 0.05) is 36.3 Å². The molecule has 156 valence electrons. The zero-order valence-electron chi connectivity index (χ0n) is 16.6. The van der Waals surface area contributed by atoms with Crippen LogP contribution in [0, 0.1) is 5.41 Å². The van der Waals surface area contributed by atoms with Crippen LogP contribution in [-0.2, 0) is 28.0 Å². The van der Waals surface area contributed by atoms with Gasteiger partial charge in [-0.05, 0) is 36.6 Å². The van der Waals surface area contributed by atoms with Crippen molar-refractivity contribution in [3.8, 4) is 5.75 Å². The highest BCUT2D eigenvalue weighted by molar-refractivity contribution is 6.30. The van der Waals surface area contributed by atoms with E-state index in [0.29, 0.717) is 29.5 Å². The van der Waals surface area contributed by atoms with E-state index in [2.05, 4.69) is 4.98 Å². The number of nitrogens with zero attached hydrogens (tertiary/aromatic N) is 2. The molecule has 5 rings (SSSR count). The Labute approximate surface area is 179 Å². The Hall–Kier alpha value is -2.64. The van der Waals surface area contributed by atoms with Crippen molar-refractivity contribution in [1.82, 2.24) is 4.98 Å². The van der Waals surface area contributed by atoms with Crippen molar-refractivity contribution >= 4 is 23.4 Å². The van der Waals surface area contributed by atoms with Crippen LogP contribution in [0.5, 0.6) is 5.75 Å². The standard InChI is InChI=1S/C22H22ClN3O4/c1-28-10-14-8-15(23)9-25-19(14)17(27)7-13-2-3-18-16(6-13)22(12-30-20(24)26-22)21(4-5-21)11-29-18/h2-3,6,8-9H,4-5,7,10-12H2,1H3,(H2,24,26). The molecule has 0 amide bonds. The number of nitrogens with two attached hydrogens (primary N) is 1. The quantitative estimate of drug-likeness (QED) is 0.737. The number of rotatable bonds is 5. The highest BCUT2D eigenvalue weighted by Gasteiger charge is 2.66. The van der Waals surface area contributed by atoms with E-state index in [0.717, 1.165) is 29.7 Å². The van der Waals surface area contributed by atoms with Crippen molar-refractivity contribution in [1.29, 1.82) is 0 Å². The van der Waals surface area contributed by atoms with E-state index >= 15 is 0 Å². The molecule has 1 unspecified atom stereocenters. The van der Waals surface area contributed by atoms with Crippen LogP contribution in [0.3, 0.4) is 0 Å². The molecule has 1 saturated carbocycles.